The third-order valence-electron chi connectivity index (χ3n) is 7.89. The molecule has 0 spiro atoms. The van der Waals surface area contributed by atoms with Crippen LogP contribution in [0.25, 0.3) is 5.65 Å². The van der Waals surface area contributed by atoms with Crippen molar-refractivity contribution in [3.05, 3.63) is 65.6 Å². The number of fused-ring (bicyclic) bond motifs is 1. The molecule has 11 heteroatoms. The summed E-state index contributed by atoms with van der Waals surface area (Å²) in [7, 11) is 1.87. The number of nitrogens with zero attached hydrogens (tertiary/aromatic N) is 7. The molecule has 0 bridgehead atoms. The molecule has 3 aromatic heterocycles. The number of hydrogen-bond acceptors (Lipinski definition) is 8. The Labute approximate surface area is 226 Å². The number of nitrogens with one attached hydrogen (secondary N) is 1. The summed E-state index contributed by atoms with van der Waals surface area (Å²) >= 11 is 6.23. The normalized spacial score (nSPS) is 19.1. The molecule has 0 saturated carbocycles. The quantitative estimate of drug-likeness (QED) is 0.372. The third kappa shape index (κ3) is 4.96. The van der Waals surface area contributed by atoms with E-state index in [9.17, 15) is 5.11 Å². The van der Waals surface area contributed by atoms with Crippen molar-refractivity contribution in [1.82, 2.24) is 29.3 Å². The predicted molar refractivity (Wildman–Crippen MR) is 147 cm³/mol. The minimum absolute atomic E-state index is 0.356. The fourth-order valence-corrected chi connectivity index (χ4v) is 5.88. The van der Waals surface area contributed by atoms with Crippen LogP contribution in [0.3, 0.4) is 0 Å². The van der Waals surface area contributed by atoms with Gasteiger partial charge in [-0.05, 0) is 42.7 Å². The Kier molecular flexibility index (Phi) is 6.96. The smallest absolute Gasteiger partial charge is 0.247 e. The van der Waals surface area contributed by atoms with Crippen molar-refractivity contribution in [3.8, 4) is 0 Å². The van der Waals surface area contributed by atoms with Crippen LogP contribution >= 0.6 is 11.6 Å². The second-order valence-electron chi connectivity index (χ2n) is 10.2. The zero-order valence-corrected chi connectivity index (χ0v) is 22.3. The van der Waals surface area contributed by atoms with Crippen molar-refractivity contribution >= 4 is 34.6 Å². The average Bonchev–Trinajstić information content (AvgIpc) is 3.54. The molecule has 2 saturated heterocycles. The van der Waals surface area contributed by atoms with Gasteiger partial charge in [0.15, 0.2) is 5.65 Å². The fraction of sp³-hybridized carbons (Fsp3) is 0.444. The van der Waals surface area contributed by atoms with Crippen molar-refractivity contribution in [3.63, 3.8) is 0 Å². The number of halogens is 1. The number of aryl methyl sites for hydroxylation is 1. The summed E-state index contributed by atoms with van der Waals surface area (Å²) < 4.78 is 9.06. The first-order valence-corrected chi connectivity index (χ1v) is 13.5. The lowest BCUT2D eigenvalue weighted by atomic mass is 9.68. The van der Waals surface area contributed by atoms with E-state index in [1.54, 1.807) is 10.9 Å². The van der Waals surface area contributed by atoms with Gasteiger partial charge in [0.2, 0.25) is 5.95 Å². The molecule has 2 aliphatic heterocycles. The SMILES string of the molecule is Cn1cc(Nc2nc3c(N4CCC(c5ccc(Cl)cc5)(C(O)CN5CCOCC5)CC4)cccn3n2)cn1. The summed E-state index contributed by atoms with van der Waals surface area (Å²) in [5.41, 5.74) is 3.46. The maximum Gasteiger partial charge on any atom is 0.247 e. The number of aliphatic hydroxyl groups is 1. The van der Waals surface area contributed by atoms with Crippen LogP contribution in [0.4, 0.5) is 17.3 Å². The Morgan fingerprint density at radius 3 is 2.58 bits per heavy atom. The highest BCUT2D eigenvalue weighted by atomic mass is 35.5. The van der Waals surface area contributed by atoms with E-state index in [-0.39, 0.29) is 5.41 Å². The minimum Gasteiger partial charge on any atom is -0.391 e. The molecule has 6 rings (SSSR count). The molecule has 2 fully saturated rings. The van der Waals surface area contributed by atoms with Gasteiger partial charge in [0.1, 0.15) is 0 Å². The van der Waals surface area contributed by atoms with Crippen molar-refractivity contribution in [2.45, 2.75) is 24.4 Å². The molecule has 1 atom stereocenters. The standard InChI is InChI=1S/C27H33ClN8O2/c1-33-18-22(17-29-33)30-26-31-25-23(3-2-10-36(25)32-26)35-11-8-27(9-12-35,20-4-6-21(28)7-5-20)24(37)19-34-13-15-38-16-14-34/h2-7,10,17-18,24,37H,8-9,11-16,19H2,1H3,(H,30,32). The molecule has 200 valence electrons. The molecule has 2 N–H and O–H groups in total. The predicted octanol–water partition coefficient (Wildman–Crippen LogP) is 3.09. The van der Waals surface area contributed by atoms with Gasteiger partial charge in [-0.15, -0.1) is 5.10 Å². The maximum absolute atomic E-state index is 11.7. The molecule has 0 amide bonds. The van der Waals surface area contributed by atoms with Gasteiger partial charge in [0.25, 0.3) is 0 Å². The molecular weight excluding hydrogens is 504 g/mol. The van der Waals surface area contributed by atoms with Crippen molar-refractivity contribution in [2.24, 2.45) is 7.05 Å². The number of benzene rings is 1. The number of anilines is 3. The molecule has 0 aliphatic carbocycles. The number of piperidine rings is 1. The number of hydrogen-bond donors (Lipinski definition) is 2. The van der Waals surface area contributed by atoms with E-state index in [1.165, 1.54) is 0 Å². The Balaban J connectivity index is 1.24. The lowest BCUT2D eigenvalue weighted by Gasteiger charge is -2.47. The molecule has 1 unspecified atom stereocenters. The highest BCUT2D eigenvalue weighted by Crippen LogP contribution is 2.41. The number of aliphatic hydroxyl groups excluding tert-OH is 1. The third-order valence-corrected chi connectivity index (χ3v) is 8.14. The second-order valence-corrected chi connectivity index (χ2v) is 10.6. The fourth-order valence-electron chi connectivity index (χ4n) is 5.75. The van der Waals surface area contributed by atoms with Crippen molar-refractivity contribution in [1.29, 1.82) is 0 Å². The molecule has 0 radical (unpaired) electrons. The topological polar surface area (TPSA) is 96.0 Å². The Bertz CT molecular complexity index is 1370. The van der Waals surface area contributed by atoms with Gasteiger partial charge in [-0.3, -0.25) is 9.58 Å². The van der Waals surface area contributed by atoms with Gasteiger partial charge in [-0.2, -0.15) is 10.1 Å². The van der Waals surface area contributed by atoms with Crippen molar-refractivity contribution in [2.75, 3.05) is 56.2 Å². The lowest BCUT2D eigenvalue weighted by molar-refractivity contribution is -0.0128. The largest absolute Gasteiger partial charge is 0.391 e. The highest BCUT2D eigenvalue weighted by Gasteiger charge is 2.43. The average molecular weight is 537 g/mol. The number of aromatic nitrogens is 5. The van der Waals surface area contributed by atoms with Crippen LogP contribution in [0.1, 0.15) is 18.4 Å². The van der Waals surface area contributed by atoms with E-state index in [1.807, 2.05) is 42.2 Å². The van der Waals surface area contributed by atoms with E-state index < -0.39 is 6.10 Å². The lowest BCUT2D eigenvalue weighted by Crippen LogP contribution is -2.54. The van der Waals surface area contributed by atoms with Crippen LogP contribution in [0.2, 0.25) is 5.02 Å². The van der Waals surface area contributed by atoms with Crippen LogP contribution in [-0.4, -0.2) is 86.4 Å². The maximum atomic E-state index is 11.7. The molecule has 2 aliphatic rings. The first-order valence-electron chi connectivity index (χ1n) is 13.1. The second kappa shape index (κ2) is 10.5. The summed E-state index contributed by atoms with van der Waals surface area (Å²) in [5, 5.41) is 24.5. The van der Waals surface area contributed by atoms with Crippen molar-refractivity contribution < 1.29 is 9.84 Å². The number of rotatable bonds is 7. The van der Waals surface area contributed by atoms with E-state index in [4.69, 9.17) is 21.3 Å². The summed E-state index contributed by atoms with van der Waals surface area (Å²) in [6.45, 7) is 5.35. The van der Waals surface area contributed by atoms with E-state index in [2.05, 4.69) is 43.5 Å². The van der Waals surface area contributed by atoms with Gasteiger partial charge < -0.3 is 20.1 Å². The van der Waals surface area contributed by atoms with Crippen LogP contribution in [0.15, 0.2) is 55.0 Å². The van der Waals surface area contributed by atoms with Gasteiger partial charge >= 0.3 is 0 Å². The Morgan fingerprint density at radius 1 is 1.11 bits per heavy atom. The van der Waals surface area contributed by atoms with E-state index in [0.717, 1.165) is 61.6 Å². The molecule has 38 heavy (non-hydrogen) atoms. The van der Waals surface area contributed by atoms with Crippen LogP contribution < -0.4 is 10.2 Å². The molecular formula is C27H33ClN8O2. The molecule has 5 heterocycles. The van der Waals surface area contributed by atoms with Crippen LogP contribution in [0.5, 0.6) is 0 Å². The minimum atomic E-state index is -0.497. The number of ether oxygens (including phenoxy) is 1. The Morgan fingerprint density at radius 2 is 1.87 bits per heavy atom. The monoisotopic (exact) mass is 536 g/mol. The number of morpholine rings is 1. The first-order chi connectivity index (χ1) is 18.5. The zero-order valence-electron chi connectivity index (χ0n) is 21.5. The van der Waals surface area contributed by atoms with Crippen LogP contribution in [-0.2, 0) is 17.2 Å². The van der Waals surface area contributed by atoms with Gasteiger partial charge in [-0.25, -0.2) is 4.52 Å². The van der Waals surface area contributed by atoms with Gasteiger partial charge in [-0.1, -0.05) is 23.7 Å². The molecule has 10 nitrogen and oxygen atoms in total. The molecule has 1 aromatic carbocycles. The van der Waals surface area contributed by atoms with E-state index in [0.29, 0.717) is 30.7 Å². The number of pyridine rings is 1. The van der Waals surface area contributed by atoms with Gasteiger partial charge in [0, 0.05) is 62.6 Å². The first kappa shape index (κ1) is 25.1. The summed E-state index contributed by atoms with van der Waals surface area (Å²) in [5.74, 6) is 0.527. The summed E-state index contributed by atoms with van der Waals surface area (Å²) in [4.78, 5) is 9.45. The summed E-state index contributed by atoms with van der Waals surface area (Å²) in [6, 6.07) is 12.1. The summed E-state index contributed by atoms with van der Waals surface area (Å²) in [6.07, 6.45) is 6.68. The van der Waals surface area contributed by atoms with Gasteiger partial charge in [0.05, 0.1) is 36.9 Å². The van der Waals surface area contributed by atoms with Crippen LogP contribution in [0, 0.1) is 0 Å². The zero-order chi connectivity index (χ0) is 26.1. The number of β-amino-alcohol motifs (C(OH)–C–C–N with tert-alkyl or cyclic N) is 1. The Hall–Kier alpha value is -3.18. The van der Waals surface area contributed by atoms with E-state index >= 15 is 0 Å². The highest BCUT2D eigenvalue weighted by molar-refractivity contribution is 6.30. The molecule has 4 aromatic rings.